The number of rotatable bonds is 6. The Morgan fingerprint density at radius 1 is 0.200 bits per heavy atom. The summed E-state index contributed by atoms with van der Waals surface area (Å²) in [4.78, 5) is 0. The maximum atomic E-state index is 2.23. The summed E-state index contributed by atoms with van der Waals surface area (Å²) in [5.74, 6) is 0. The van der Waals surface area contributed by atoms with Gasteiger partial charge < -0.3 is 0 Å². The molecule has 0 aliphatic carbocycles. The van der Waals surface area contributed by atoms with Crippen LogP contribution < -0.4 is 31.8 Å². The van der Waals surface area contributed by atoms with Crippen molar-refractivity contribution in [2.75, 3.05) is 0 Å². The Bertz CT molecular complexity index is 1180. The van der Waals surface area contributed by atoms with Crippen LogP contribution in [-0.4, -0.2) is 0 Å². The van der Waals surface area contributed by atoms with Crippen LogP contribution in [0.25, 0.3) is 0 Å². The minimum absolute atomic E-state index is 0. The van der Waals surface area contributed by atoms with E-state index >= 15 is 0 Å². The van der Waals surface area contributed by atoms with Gasteiger partial charge in [-0.2, -0.15) is 0 Å². The van der Waals surface area contributed by atoms with Crippen LogP contribution in [0, 0.1) is 0 Å². The SMILES string of the molecule is [Ni+2].[Ni+2].c1ccc(P(c2ccccc2)c2ccccc2)cc1.c1ccc(P(c2ccccc2)c2ccccc2)cc1. The molecule has 0 aromatic heterocycles. The zero-order valence-corrected chi connectivity index (χ0v) is 25.6. The van der Waals surface area contributed by atoms with Crippen LogP contribution >= 0.6 is 15.8 Å². The minimum Gasteiger partial charge on any atom is -0.0622 e. The molecule has 200 valence electrons. The second-order valence-electron chi connectivity index (χ2n) is 8.68. The van der Waals surface area contributed by atoms with Gasteiger partial charge in [-0.25, -0.2) is 0 Å². The summed E-state index contributed by atoms with van der Waals surface area (Å²) in [5.41, 5.74) is 0. The molecule has 0 unspecified atom stereocenters. The summed E-state index contributed by atoms with van der Waals surface area (Å²) in [6.45, 7) is 0. The molecule has 40 heavy (non-hydrogen) atoms. The normalized spacial score (nSPS) is 10.1. The molecule has 6 aromatic rings. The molecule has 0 amide bonds. The smallest absolute Gasteiger partial charge is 0.0622 e. The van der Waals surface area contributed by atoms with Gasteiger partial charge in [0.1, 0.15) is 0 Å². The van der Waals surface area contributed by atoms with Gasteiger partial charge in [0.25, 0.3) is 0 Å². The van der Waals surface area contributed by atoms with Crippen LogP contribution in [0.2, 0.25) is 0 Å². The molecular weight excluding hydrogens is 612 g/mol. The molecule has 6 aromatic carbocycles. The van der Waals surface area contributed by atoms with Crippen LogP contribution in [0.15, 0.2) is 182 Å². The number of benzene rings is 6. The van der Waals surface area contributed by atoms with Gasteiger partial charge >= 0.3 is 33.0 Å². The summed E-state index contributed by atoms with van der Waals surface area (Å²) in [6, 6.07) is 64.7. The molecule has 0 heterocycles. The van der Waals surface area contributed by atoms with Gasteiger partial charge in [0.15, 0.2) is 0 Å². The van der Waals surface area contributed by atoms with Crippen molar-refractivity contribution in [2.24, 2.45) is 0 Å². The minimum atomic E-state index is -0.446. The van der Waals surface area contributed by atoms with E-state index in [1.54, 1.807) is 0 Å². The van der Waals surface area contributed by atoms with E-state index in [1.165, 1.54) is 31.8 Å². The zero-order valence-electron chi connectivity index (χ0n) is 21.8. The van der Waals surface area contributed by atoms with Crippen LogP contribution in [0.5, 0.6) is 0 Å². The van der Waals surface area contributed by atoms with Gasteiger partial charge in [0, 0.05) is 0 Å². The molecule has 0 N–H and O–H groups in total. The van der Waals surface area contributed by atoms with Gasteiger partial charge in [-0.1, -0.05) is 182 Å². The summed E-state index contributed by atoms with van der Waals surface area (Å²) >= 11 is 0. The molecule has 0 radical (unpaired) electrons. The Kier molecular flexibility index (Phi) is 13.5. The Morgan fingerprint density at radius 3 is 0.450 bits per heavy atom. The van der Waals surface area contributed by atoms with E-state index in [1.807, 2.05) is 0 Å². The third kappa shape index (κ3) is 8.58. The molecule has 6 rings (SSSR count). The first-order valence-electron chi connectivity index (χ1n) is 12.8. The first kappa shape index (κ1) is 31.7. The Hall–Kier alpha value is -2.83. The van der Waals surface area contributed by atoms with Crippen LogP contribution in [0.1, 0.15) is 0 Å². The van der Waals surface area contributed by atoms with Crippen LogP contribution in [0.3, 0.4) is 0 Å². The third-order valence-corrected chi connectivity index (χ3v) is 11.0. The predicted molar refractivity (Wildman–Crippen MR) is 170 cm³/mol. The summed E-state index contributed by atoms with van der Waals surface area (Å²) in [7, 11) is -0.892. The molecule has 0 bridgehead atoms. The van der Waals surface area contributed by atoms with Gasteiger partial charge in [0.05, 0.1) is 0 Å². The quantitative estimate of drug-likeness (QED) is 0.137. The van der Waals surface area contributed by atoms with Crippen molar-refractivity contribution in [2.45, 2.75) is 0 Å². The predicted octanol–water partition coefficient (Wildman–Crippen LogP) is 6.88. The molecule has 0 saturated heterocycles. The van der Waals surface area contributed by atoms with Gasteiger partial charge in [-0.15, -0.1) is 0 Å². The van der Waals surface area contributed by atoms with Crippen molar-refractivity contribution in [1.29, 1.82) is 0 Å². The molecule has 0 aliphatic heterocycles. The molecule has 0 nitrogen and oxygen atoms in total. The van der Waals surface area contributed by atoms with Crippen molar-refractivity contribution < 1.29 is 33.0 Å². The van der Waals surface area contributed by atoms with Gasteiger partial charge in [-0.05, 0) is 47.7 Å². The first-order valence-corrected chi connectivity index (χ1v) is 15.5. The van der Waals surface area contributed by atoms with Gasteiger partial charge in [0.2, 0.25) is 0 Å². The van der Waals surface area contributed by atoms with Crippen molar-refractivity contribution in [3.05, 3.63) is 182 Å². The molecule has 0 spiro atoms. The van der Waals surface area contributed by atoms with Crippen molar-refractivity contribution >= 4 is 47.7 Å². The maximum Gasteiger partial charge on any atom is 2.00 e. The molecule has 0 saturated carbocycles. The molecule has 0 aliphatic rings. The van der Waals surface area contributed by atoms with E-state index in [0.29, 0.717) is 0 Å². The Balaban J connectivity index is 0.000000210. The Morgan fingerprint density at radius 2 is 0.325 bits per heavy atom. The van der Waals surface area contributed by atoms with Crippen molar-refractivity contribution in [3.63, 3.8) is 0 Å². The zero-order chi connectivity index (χ0) is 25.8. The average molecular weight is 642 g/mol. The first-order chi connectivity index (χ1) is 18.9. The van der Waals surface area contributed by atoms with Crippen LogP contribution in [-0.2, 0) is 33.0 Å². The topological polar surface area (TPSA) is 0 Å². The monoisotopic (exact) mass is 640 g/mol. The average Bonchev–Trinajstić information content (AvgIpc) is 3.01. The van der Waals surface area contributed by atoms with Crippen molar-refractivity contribution in [1.82, 2.24) is 0 Å². The largest absolute Gasteiger partial charge is 2.00 e. The van der Waals surface area contributed by atoms with E-state index < -0.39 is 15.8 Å². The molecule has 4 heteroatoms. The molecule has 0 atom stereocenters. The standard InChI is InChI=1S/2C18H15P.2Ni/c2*1-4-10-16(11-5-1)19(17-12-6-2-7-13-17)18-14-8-3-9-15-18;;/h2*1-15H;;/q;;2*+2. The fourth-order valence-corrected chi connectivity index (χ4v) is 8.97. The van der Waals surface area contributed by atoms with E-state index in [2.05, 4.69) is 182 Å². The fourth-order valence-electron chi connectivity index (χ4n) is 4.36. The van der Waals surface area contributed by atoms with Crippen molar-refractivity contribution in [3.8, 4) is 0 Å². The fraction of sp³-hybridized carbons (Fsp3) is 0. The van der Waals surface area contributed by atoms with E-state index in [4.69, 9.17) is 0 Å². The summed E-state index contributed by atoms with van der Waals surface area (Å²) < 4.78 is 0. The van der Waals surface area contributed by atoms with Gasteiger partial charge in [-0.3, -0.25) is 0 Å². The van der Waals surface area contributed by atoms with E-state index in [9.17, 15) is 0 Å². The van der Waals surface area contributed by atoms with E-state index in [0.717, 1.165) is 0 Å². The summed E-state index contributed by atoms with van der Waals surface area (Å²) in [6.07, 6.45) is 0. The summed E-state index contributed by atoms with van der Waals surface area (Å²) in [5, 5.41) is 8.39. The maximum absolute atomic E-state index is 2.23. The number of hydrogen-bond acceptors (Lipinski definition) is 0. The molecule has 0 fully saturated rings. The third-order valence-electron chi connectivity index (χ3n) is 6.09. The Labute approximate surface area is 261 Å². The number of hydrogen-bond donors (Lipinski definition) is 0. The van der Waals surface area contributed by atoms with E-state index in [-0.39, 0.29) is 33.0 Å². The second kappa shape index (κ2) is 17.1. The second-order valence-corrected chi connectivity index (χ2v) is 13.1. The van der Waals surface area contributed by atoms with Crippen LogP contribution in [0.4, 0.5) is 0 Å². The molecular formula is C36H30Ni2P2+4.